The maximum Gasteiger partial charge on any atom is 0.126 e. The van der Waals surface area contributed by atoms with E-state index in [1.54, 1.807) is 11.3 Å². The van der Waals surface area contributed by atoms with Gasteiger partial charge in [0, 0.05) is 36.2 Å². The van der Waals surface area contributed by atoms with Gasteiger partial charge in [-0.15, -0.1) is 16.4 Å². The number of hydrogen-bond donors (Lipinski definition) is 0. The molecule has 0 saturated carbocycles. The van der Waals surface area contributed by atoms with Crippen molar-refractivity contribution in [1.29, 1.82) is 0 Å². The Morgan fingerprint density at radius 3 is 2.57 bits per heavy atom. The molecule has 30 heavy (non-hydrogen) atoms. The minimum absolute atomic E-state index is 0.168. The fourth-order valence-corrected chi connectivity index (χ4v) is 5.72. The summed E-state index contributed by atoms with van der Waals surface area (Å²) in [5.41, 5.74) is 5.96. The fourth-order valence-electron chi connectivity index (χ4n) is 4.52. The summed E-state index contributed by atoms with van der Waals surface area (Å²) in [7, 11) is 0. The molecule has 0 atom stereocenters. The van der Waals surface area contributed by atoms with Crippen LogP contribution in [0.15, 0.2) is 6.20 Å². The van der Waals surface area contributed by atoms with Crippen LogP contribution in [-0.4, -0.2) is 33.9 Å². The summed E-state index contributed by atoms with van der Waals surface area (Å²) < 4.78 is 7.43. The van der Waals surface area contributed by atoms with E-state index >= 15 is 0 Å². The standard InChI is InChI=1S/C24H34N4OS/c1-6-9-10-18-17-15-29-24(4,5)13-16(17)20-21-22(30-23(20)26-18)19(14-25-27-21)28(11-7-2)12-8-3/h14H,6-13,15H2,1-5H3. The Kier molecular flexibility index (Phi) is 6.26. The van der Waals surface area contributed by atoms with Gasteiger partial charge in [-0.05, 0) is 45.1 Å². The van der Waals surface area contributed by atoms with Crippen molar-refractivity contribution in [3.8, 4) is 0 Å². The van der Waals surface area contributed by atoms with Crippen molar-refractivity contribution < 1.29 is 4.74 Å². The van der Waals surface area contributed by atoms with Gasteiger partial charge in [0.1, 0.15) is 10.3 Å². The third-order valence-corrected chi connectivity index (χ3v) is 7.09. The number of aryl methyl sites for hydroxylation is 1. The van der Waals surface area contributed by atoms with E-state index < -0.39 is 0 Å². The van der Waals surface area contributed by atoms with E-state index in [2.05, 4.69) is 49.7 Å². The van der Waals surface area contributed by atoms with Crippen molar-refractivity contribution in [2.75, 3.05) is 18.0 Å². The van der Waals surface area contributed by atoms with Crippen LogP contribution >= 0.6 is 11.3 Å². The second-order valence-corrected chi connectivity index (χ2v) is 10.0. The Bertz CT molecular complexity index is 1040. The number of rotatable bonds is 8. The molecule has 3 aromatic heterocycles. The quantitative estimate of drug-likeness (QED) is 0.438. The molecule has 0 radical (unpaired) electrons. The maximum atomic E-state index is 6.19. The Hall–Kier alpha value is -1.79. The molecule has 1 aliphatic rings. The number of unbranched alkanes of at least 4 members (excludes halogenated alkanes) is 1. The minimum atomic E-state index is -0.168. The first kappa shape index (κ1) is 21.4. The summed E-state index contributed by atoms with van der Waals surface area (Å²) >= 11 is 1.79. The highest BCUT2D eigenvalue weighted by Gasteiger charge is 2.31. The molecular weight excluding hydrogens is 392 g/mol. The van der Waals surface area contributed by atoms with Crippen molar-refractivity contribution in [2.45, 2.75) is 85.4 Å². The summed E-state index contributed by atoms with van der Waals surface area (Å²) in [4.78, 5) is 8.73. The molecule has 3 aromatic rings. The molecular formula is C24H34N4OS. The molecule has 0 bridgehead atoms. The van der Waals surface area contributed by atoms with E-state index in [-0.39, 0.29) is 5.60 Å². The zero-order valence-corrected chi connectivity index (χ0v) is 19.9. The highest BCUT2D eigenvalue weighted by molar-refractivity contribution is 7.26. The summed E-state index contributed by atoms with van der Waals surface area (Å²) in [5, 5.41) is 10.3. The molecule has 0 amide bonds. The Balaban J connectivity index is 1.96. The van der Waals surface area contributed by atoms with Crippen LogP contribution < -0.4 is 4.90 Å². The van der Waals surface area contributed by atoms with Gasteiger partial charge in [-0.3, -0.25) is 0 Å². The molecule has 0 N–H and O–H groups in total. The summed E-state index contributed by atoms with van der Waals surface area (Å²) in [6.07, 6.45) is 8.43. The van der Waals surface area contributed by atoms with Crippen LogP contribution in [0, 0.1) is 0 Å². The molecule has 0 aliphatic carbocycles. The summed E-state index contributed by atoms with van der Waals surface area (Å²) in [6, 6.07) is 0. The number of aromatic nitrogens is 3. The molecule has 1 aliphatic heterocycles. The van der Waals surface area contributed by atoms with Crippen molar-refractivity contribution in [3.63, 3.8) is 0 Å². The molecule has 0 unspecified atom stereocenters. The van der Waals surface area contributed by atoms with Gasteiger partial charge < -0.3 is 9.64 Å². The zero-order chi connectivity index (χ0) is 21.3. The first-order chi connectivity index (χ1) is 14.5. The number of fused-ring (bicyclic) bond motifs is 5. The average Bonchev–Trinajstić information content (AvgIpc) is 3.09. The molecule has 0 saturated heterocycles. The molecule has 4 heterocycles. The molecule has 0 spiro atoms. The average molecular weight is 427 g/mol. The maximum absolute atomic E-state index is 6.19. The van der Waals surface area contributed by atoms with Crippen molar-refractivity contribution in [2.24, 2.45) is 0 Å². The first-order valence-electron chi connectivity index (χ1n) is 11.5. The topological polar surface area (TPSA) is 51.1 Å². The smallest absolute Gasteiger partial charge is 0.126 e. The SMILES string of the molecule is CCCCc1nc2sc3c(N(CCC)CCC)cnnc3c2c2c1COC(C)(C)C2. The van der Waals surface area contributed by atoms with Gasteiger partial charge in [0.25, 0.3) is 0 Å². The molecule has 0 fully saturated rings. The highest BCUT2D eigenvalue weighted by Crippen LogP contribution is 2.43. The number of thiophene rings is 1. The van der Waals surface area contributed by atoms with Gasteiger partial charge in [0.05, 0.1) is 28.8 Å². The molecule has 6 heteroatoms. The van der Waals surface area contributed by atoms with Crippen LogP contribution in [0.5, 0.6) is 0 Å². The van der Waals surface area contributed by atoms with Gasteiger partial charge in [-0.25, -0.2) is 4.98 Å². The number of anilines is 1. The van der Waals surface area contributed by atoms with Crippen molar-refractivity contribution >= 4 is 37.5 Å². The van der Waals surface area contributed by atoms with E-state index in [4.69, 9.17) is 9.72 Å². The normalized spacial score (nSPS) is 15.6. The molecule has 0 aromatic carbocycles. The number of nitrogens with zero attached hydrogens (tertiary/aromatic N) is 4. The summed E-state index contributed by atoms with van der Waals surface area (Å²) in [6.45, 7) is 13.8. The highest BCUT2D eigenvalue weighted by atomic mass is 32.1. The van der Waals surface area contributed by atoms with Crippen LogP contribution in [0.3, 0.4) is 0 Å². The third-order valence-electron chi connectivity index (χ3n) is 5.99. The van der Waals surface area contributed by atoms with E-state index in [9.17, 15) is 0 Å². The number of hydrogen-bond acceptors (Lipinski definition) is 6. The Morgan fingerprint density at radius 2 is 1.87 bits per heavy atom. The van der Waals surface area contributed by atoms with E-state index in [0.717, 1.165) is 55.5 Å². The van der Waals surface area contributed by atoms with E-state index in [1.165, 1.54) is 39.0 Å². The van der Waals surface area contributed by atoms with Crippen LogP contribution in [0.1, 0.15) is 77.1 Å². The monoisotopic (exact) mass is 426 g/mol. The minimum Gasteiger partial charge on any atom is -0.370 e. The predicted octanol–water partition coefficient (Wildman–Crippen LogP) is 6.06. The van der Waals surface area contributed by atoms with Gasteiger partial charge in [-0.1, -0.05) is 27.2 Å². The van der Waals surface area contributed by atoms with Crippen molar-refractivity contribution in [3.05, 3.63) is 23.0 Å². The van der Waals surface area contributed by atoms with Crippen LogP contribution in [0.2, 0.25) is 0 Å². The van der Waals surface area contributed by atoms with Crippen LogP contribution in [0.25, 0.3) is 20.4 Å². The van der Waals surface area contributed by atoms with Gasteiger partial charge in [0.2, 0.25) is 0 Å². The lowest BCUT2D eigenvalue weighted by Gasteiger charge is -2.33. The van der Waals surface area contributed by atoms with Gasteiger partial charge in [-0.2, -0.15) is 5.10 Å². The largest absolute Gasteiger partial charge is 0.370 e. The summed E-state index contributed by atoms with van der Waals surface area (Å²) in [5.74, 6) is 0. The lowest BCUT2D eigenvalue weighted by Crippen LogP contribution is -2.32. The lowest BCUT2D eigenvalue weighted by molar-refractivity contribution is -0.0401. The van der Waals surface area contributed by atoms with Crippen LogP contribution in [0.4, 0.5) is 5.69 Å². The molecule has 5 nitrogen and oxygen atoms in total. The zero-order valence-electron chi connectivity index (χ0n) is 19.0. The predicted molar refractivity (Wildman–Crippen MR) is 127 cm³/mol. The Labute approximate surface area is 183 Å². The third kappa shape index (κ3) is 3.92. The second kappa shape index (κ2) is 8.75. The number of pyridine rings is 1. The van der Waals surface area contributed by atoms with Gasteiger partial charge >= 0.3 is 0 Å². The Morgan fingerprint density at radius 1 is 1.10 bits per heavy atom. The lowest BCUT2D eigenvalue weighted by atomic mass is 9.88. The van der Waals surface area contributed by atoms with Crippen LogP contribution in [-0.2, 0) is 24.2 Å². The molecule has 4 rings (SSSR count). The molecule has 162 valence electrons. The fraction of sp³-hybridized carbons (Fsp3) is 0.625. The van der Waals surface area contributed by atoms with Gasteiger partial charge in [0.15, 0.2) is 0 Å². The van der Waals surface area contributed by atoms with E-state index in [0.29, 0.717) is 6.61 Å². The van der Waals surface area contributed by atoms with Crippen molar-refractivity contribution in [1.82, 2.24) is 15.2 Å². The second-order valence-electron chi connectivity index (χ2n) is 9.02. The number of ether oxygens (including phenoxy) is 1. The first-order valence-corrected chi connectivity index (χ1v) is 12.3. The van der Waals surface area contributed by atoms with E-state index in [1.807, 2.05) is 6.20 Å².